The molecule has 0 amide bonds. The number of rotatable bonds is 6. The van der Waals surface area contributed by atoms with Crippen molar-refractivity contribution in [2.24, 2.45) is 0 Å². The van der Waals surface area contributed by atoms with Crippen molar-refractivity contribution in [2.75, 3.05) is 20.2 Å². The zero-order valence-electron chi connectivity index (χ0n) is 12.6. The summed E-state index contributed by atoms with van der Waals surface area (Å²) in [5, 5.41) is 3.69. The van der Waals surface area contributed by atoms with E-state index in [-0.39, 0.29) is 0 Å². The van der Waals surface area contributed by atoms with E-state index in [2.05, 4.69) is 54.5 Å². The highest BCUT2D eigenvalue weighted by molar-refractivity contribution is 5.20. The number of hydrogen-bond acceptors (Lipinski definition) is 3. The maximum atomic E-state index is 5.75. The summed E-state index contributed by atoms with van der Waals surface area (Å²) in [5.41, 5.74) is 1.40. The highest BCUT2D eigenvalue weighted by atomic mass is 16.5. The molecule has 0 aromatic heterocycles. The molecule has 3 atom stereocenters. The molecule has 2 aliphatic rings. The number of nitrogens with zero attached hydrogens (tertiary/aromatic N) is 1. The highest BCUT2D eigenvalue weighted by Crippen LogP contribution is 2.28. The number of benzene rings is 1. The third-order valence-corrected chi connectivity index (χ3v) is 4.71. The molecule has 3 unspecified atom stereocenters. The van der Waals surface area contributed by atoms with Crippen LogP contribution in [0.25, 0.3) is 0 Å². The minimum absolute atomic E-state index is 0.340. The first-order chi connectivity index (χ1) is 9.75. The van der Waals surface area contributed by atoms with E-state index in [4.69, 9.17) is 4.74 Å². The van der Waals surface area contributed by atoms with Crippen molar-refractivity contribution >= 4 is 0 Å². The summed E-state index contributed by atoms with van der Waals surface area (Å²) in [5.74, 6) is 0. The van der Waals surface area contributed by atoms with Gasteiger partial charge in [0.1, 0.15) is 0 Å². The smallest absolute Gasteiger partial charge is 0.0703 e. The monoisotopic (exact) mass is 274 g/mol. The quantitative estimate of drug-likeness (QED) is 0.863. The van der Waals surface area contributed by atoms with Crippen LogP contribution < -0.4 is 5.32 Å². The maximum Gasteiger partial charge on any atom is 0.0703 e. The van der Waals surface area contributed by atoms with E-state index in [1.165, 1.54) is 18.4 Å². The van der Waals surface area contributed by atoms with E-state index in [0.29, 0.717) is 18.2 Å². The fourth-order valence-corrected chi connectivity index (χ4v) is 3.22. The normalized spacial score (nSPS) is 27.9. The molecule has 20 heavy (non-hydrogen) atoms. The molecule has 1 saturated heterocycles. The van der Waals surface area contributed by atoms with Gasteiger partial charge in [-0.2, -0.15) is 0 Å². The lowest BCUT2D eigenvalue weighted by molar-refractivity contribution is 0.0668. The van der Waals surface area contributed by atoms with Crippen molar-refractivity contribution in [3.05, 3.63) is 35.9 Å². The Balaban J connectivity index is 1.72. The van der Waals surface area contributed by atoms with Gasteiger partial charge in [0, 0.05) is 31.3 Å². The molecule has 1 N–H and O–H groups in total. The van der Waals surface area contributed by atoms with Gasteiger partial charge in [-0.15, -0.1) is 0 Å². The number of hydrogen-bond donors (Lipinski definition) is 1. The van der Waals surface area contributed by atoms with Gasteiger partial charge in [0.15, 0.2) is 0 Å². The summed E-state index contributed by atoms with van der Waals surface area (Å²) in [4.78, 5) is 2.52. The molecule has 1 aromatic rings. The van der Waals surface area contributed by atoms with Crippen molar-refractivity contribution in [2.45, 2.75) is 50.4 Å². The molecule has 2 fully saturated rings. The van der Waals surface area contributed by atoms with E-state index in [9.17, 15) is 0 Å². The average Bonchev–Trinajstić information content (AvgIpc) is 3.20. The molecule has 0 radical (unpaired) electrons. The van der Waals surface area contributed by atoms with E-state index < -0.39 is 0 Å². The second kappa shape index (κ2) is 6.25. The summed E-state index contributed by atoms with van der Waals surface area (Å²) >= 11 is 0. The Morgan fingerprint density at radius 2 is 2.00 bits per heavy atom. The van der Waals surface area contributed by atoms with E-state index in [0.717, 1.165) is 25.6 Å². The Hall–Kier alpha value is -0.900. The van der Waals surface area contributed by atoms with Crippen LogP contribution in [0.3, 0.4) is 0 Å². The van der Waals surface area contributed by atoms with Crippen LogP contribution >= 0.6 is 0 Å². The molecule has 0 bridgehead atoms. The van der Waals surface area contributed by atoms with Gasteiger partial charge in [-0.05, 0) is 38.8 Å². The van der Waals surface area contributed by atoms with E-state index in [1.54, 1.807) is 0 Å². The average molecular weight is 274 g/mol. The highest BCUT2D eigenvalue weighted by Gasteiger charge is 2.33. The van der Waals surface area contributed by atoms with Gasteiger partial charge >= 0.3 is 0 Å². The minimum atomic E-state index is 0.340. The Morgan fingerprint density at radius 1 is 1.25 bits per heavy atom. The molecular weight excluding hydrogens is 248 g/mol. The van der Waals surface area contributed by atoms with Crippen molar-refractivity contribution < 1.29 is 4.74 Å². The van der Waals surface area contributed by atoms with Gasteiger partial charge in [-0.3, -0.25) is 4.90 Å². The molecule has 3 rings (SSSR count). The Labute approximate surface area is 122 Å². The SMILES string of the molecule is CC1OCCC1N(C)C(CNC1CC1)c1ccccc1. The molecule has 1 aliphatic heterocycles. The van der Waals surface area contributed by atoms with Gasteiger partial charge < -0.3 is 10.1 Å². The van der Waals surface area contributed by atoms with Crippen LogP contribution in [0, 0.1) is 0 Å². The van der Waals surface area contributed by atoms with Crippen molar-refractivity contribution in [3.8, 4) is 0 Å². The molecule has 0 spiro atoms. The summed E-state index contributed by atoms with van der Waals surface area (Å²) in [6.45, 7) is 4.13. The second-order valence-corrected chi connectivity index (χ2v) is 6.21. The van der Waals surface area contributed by atoms with Gasteiger partial charge in [-0.25, -0.2) is 0 Å². The summed E-state index contributed by atoms with van der Waals surface area (Å²) in [6, 6.07) is 12.6. The van der Waals surface area contributed by atoms with Gasteiger partial charge in [0.05, 0.1) is 6.10 Å². The van der Waals surface area contributed by atoms with Crippen LogP contribution in [-0.2, 0) is 4.74 Å². The van der Waals surface area contributed by atoms with Crippen molar-refractivity contribution in [1.29, 1.82) is 0 Å². The molecule has 1 aliphatic carbocycles. The molecular formula is C17H26N2O. The third-order valence-electron chi connectivity index (χ3n) is 4.71. The standard InChI is InChI=1S/C17H26N2O/c1-13-16(10-11-20-13)19(2)17(12-18-15-8-9-15)14-6-4-3-5-7-14/h3-7,13,15-18H,8-12H2,1-2H3. The zero-order valence-corrected chi connectivity index (χ0v) is 12.6. The Bertz CT molecular complexity index is 418. The minimum Gasteiger partial charge on any atom is -0.377 e. The summed E-state index contributed by atoms with van der Waals surface area (Å²) in [7, 11) is 2.25. The number of nitrogens with one attached hydrogen (secondary N) is 1. The third kappa shape index (κ3) is 3.22. The van der Waals surface area contributed by atoms with Crippen molar-refractivity contribution in [1.82, 2.24) is 10.2 Å². The number of ether oxygens (including phenoxy) is 1. The van der Waals surface area contributed by atoms with Gasteiger partial charge in [0.2, 0.25) is 0 Å². The van der Waals surface area contributed by atoms with Crippen LogP contribution in [-0.4, -0.2) is 43.3 Å². The van der Waals surface area contributed by atoms with E-state index >= 15 is 0 Å². The van der Waals surface area contributed by atoms with Crippen LogP contribution in [0.5, 0.6) is 0 Å². The molecule has 3 heteroatoms. The van der Waals surface area contributed by atoms with Gasteiger partial charge in [0.25, 0.3) is 0 Å². The van der Waals surface area contributed by atoms with Crippen LogP contribution in [0.2, 0.25) is 0 Å². The predicted octanol–water partition coefficient (Wildman–Crippen LogP) is 2.59. The number of likely N-dealkylation sites (N-methyl/N-ethyl adjacent to an activating group) is 1. The molecule has 1 aromatic carbocycles. The fourth-order valence-electron chi connectivity index (χ4n) is 3.22. The first-order valence-electron chi connectivity index (χ1n) is 7.87. The molecule has 1 saturated carbocycles. The van der Waals surface area contributed by atoms with E-state index in [1.807, 2.05) is 0 Å². The lowest BCUT2D eigenvalue weighted by Gasteiger charge is -2.35. The lowest BCUT2D eigenvalue weighted by Crippen LogP contribution is -2.43. The van der Waals surface area contributed by atoms with Crippen molar-refractivity contribution in [3.63, 3.8) is 0 Å². The largest absolute Gasteiger partial charge is 0.377 e. The fraction of sp³-hybridized carbons (Fsp3) is 0.647. The van der Waals surface area contributed by atoms with Crippen LogP contribution in [0.1, 0.15) is 37.8 Å². The lowest BCUT2D eigenvalue weighted by atomic mass is 10.0. The first-order valence-corrected chi connectivity index (χ1v) is 7.87. The first kappa shape index (κ1) is 14.1. The predicted molar refractivity (Wildman–Crippen MR) is 81.8 cm³/mol. The topological polar surface area (TPSA) is 24.5 Å². The maximum absolute atomic E-state index is 5.75. The summed E-state index contributed by atoms with van der Waals surface area (Å²) in [6.07, 6.45) is 4.17. The summed E-state index contributed by atoms with van der Waals surface area (Å²) < 4.78 is 5.75. The van der Waals surface area contributed by atoms with Gasteiger partial charge in [-0.1, -0.05) is 30.3 Å². The Morgan fingerprint density at radius 3 is 2.60 bits per heavy atom. The van der Waals surface area contributed by atoms with Crippen LogP contribution in [0.15, 0.2) is 30.3 Å². The second-order valence-electron chi connectivity index (χ2n) is 6.21. The molecule has 3 nitrogen and oxygen atoms in total. The van der Waals surface area contributed by atoms with Crippen LogP contribution in [0.4, 0.5) is 0 Å². The molecule has 1 heterocycles. The Kier molecular flexibility index (Phi) is 4.39. The zero-order chi connectivity index (χ0) is 13.9. The molecule has 110 valence electrons.